The largest absolute Gasteiger partial charge is 0.349 e. The van der Waals surface area contributed by atoms with Crippen molar-refractivity contribution in [3.05, 3.63) is 18.0 Å². The Hall–Kier alpha value is -0.850. The fraction of sp³-hybridized carbons (Fsp3) is 0.714. The molecule has 0 aliphatic rings. The molecule has 20 heavy (non-hydrogen) atoms. The van der Waals surface area contributed by atoms with Gasteiger partial charge in [-0.25, -0.2) is 13.1 Å². The third-order valence-electron chi connectivity index (χ3n) is 3.11. The Morgan fingerprint density at radius 3 is 2.60 bits per heavy atom. The molecule has 0 radical (unpaired) electrons. The van der Waals surface area contributed by atoms with E-state index < -0.39 is 10.0 Å². The summed E-state index contributed by atoms with van der Waals surface area (Å²) < 4.78 is 29.2. The number of aryl methyl sites for hydroxylation is 1. The van der Waals surface area contributed by atoms with Gasteiger partial charge in [0.2, 0.25) is 10.0 Å². The van der Waals surface area contributed by atoms with Crippen molar-refractivity contribution < 1.29 is 8.42 Å². The maximum Gasteiger partial charge on any atom is 0.242 e. The van der Waals surface area contributed by atoms with E-state index in [9.17, 15) is 8.42 Å². The summed E-state index contributed by atoms with van der Waals surface area (Å²) in [5.41, 5.74) is 0.999. The lowest BCUT2D eigenvalue weighted by molar-refractivity contribution is 0.551. The summed E-state index contributed by atoms with van der Waals surface area (Å²) in [6.07, 6.45) is 3.55. The molecule has 1 heterocycles. The Morgan fingerprint density at radius 2 is 2.05 bits per heavy atom. The van der Waals surface area contributed by atoms with Gasteiger partial charge in [0.15, 0.2) is 0 Å². The zero-order valence-corrected chi connectivity index (χ0v) is 13.8. The smallest absolute Gasteiger partial charge is 0.242 e. The number of rotatable bonds is 9. The molecular weight excluding hydrogens is 274 g/mol. The lowest BCUT2D eigenvalue weighted by Crippen LogP contribution is -2.25. The molecule has 0 unspecified atom stereocenters. The van der Waals surface area contributed by atoms with Gasteiger partial charge in [-0.05, 0) is 31.9 Å². The molecular formula is C14H27N3O2S. The van der Waals surface area contributed by atoms with Crippen LogP contribution in [0.2, 0.25) is 0 Å². The Balaban J connectivity index is 2.85. The van der Waals surface area contributed by atoms with Crippen LogP contribution in [-0.2, 0) is 23.1 Å². The van der Waals surface area contributed by atoms with Gasteiger partial charge >= 0.3 is 0 Å². The molecule has 0 aliphatic heterocycles. The number of nitrogens with zero attached hydrogens (tertiary/aromatic N) is 1. The molecule has 1 rings (SSSR count). The molecule has 0 bridgehead atoms. The highest BCUT2D eigenvalue weighted by Crippen LogP contribution is 2.15. The van der Waals surface area contributed by atoms with Gasteiger partial charge in [-0.1, -0.05) is 20.8 Å². The van der Waals surface area contributed by atoms with Crippen LogP contribution >= 0.6 is 0 Å². The van der Waals surface area contributed by atoms with Crippen molar-refractivity contribution in [1.29, 1.82) is 0 Å². The van der Waals surface area contributed by atoms with Crippen molar-refractivity contribution >= 4 is 10.0 Å². The molecule has 116 valence electrons. The fourth-order valence-electron chi connectivity index (χ4n) is 2.02. The van der Waals surface area contributed by atoms with E-state index in [0.29, 0.717) is 23.9 Å². The first kappa shape index (κ1) is 17.2. The van der Waals surface area contributed by atoms with Crippen LogP contribution in [0.15, 0.2) is 17.2 Å². The summed E-state index contributed by atoms with van der Waals surface area (Å²) in [5.74, 6) is 0.488. The molecule has 0 amide bonds. The molecule has 0 saturated carbocycles. The summed E-state index contributed by atoms with van der Waals surface area (Å²) in [7, 11) is -1.53. The van der Waals surface area contributed by atoms with Crippen molar-refractivity contribution in [3.63, 3.8) is 0 Å². The summed E-state index contributed by atoms with van der Waals surface area (Å²) in [4.78, 5) is 0.361. The van der Waals surface area contributed by atoms with E-state index in [0.717, 1.165) is 25.1 Å². The fourth-order valence-corrected chi connectivity index (χ4v) is 3.13. The first-order chi connectivity index (χ1) is 9.40. The van der Waals surface area contributed by atoms with Crippen LogP contribution in [0, 0.1) is 5.92 Å². The predicted molar refractivity (Wildman–Crippen MR) is 82.1 cm³/mol. The van der Waals surface area contributed by atoms with E-state index in [-0.39, 0.29) is 0 Å². The van der Waals surface area contributed by atoms with Crippen molar-refractivity contribution in [2.45, 2.75) is 51.6 Å². The molecule has 2 N–H and O–H groups in total. The normalized spacial score (nSPS) is 12.2. The SMILES string of the molecule is CCCn1cc(S(=O)(=O)NCCC(C)C)cc1CNC. The maximum atomic E-state index is 12.2. The second-order valence-corrected chi connectivity index (χ2v) is 7.24. The van der Waals surface area contributed by atoms with Gasteiger partial charge in [0, 0.05) is 31.5 Å². The Morgan fingerprint density at radius 1 is 1.35 bits per heavy atom. The minimum Gasteiger partial charge on any atom is -0.349 e. The van der Waals surface area contributed by atoms with Crippen molar-refractivity contribution in [2.75, 3.05) is 13.6 Å². The average molecular weight is 301 g/mol. The summed E-state index contributed by atoms with van der Waals surface area (Å²) in [5, 5.41) is 3.07. The van der Waals surface area contributed by atoms with Gasteiger partial charge in [0.1, 0.15) is 0 Å². The topological polar surface area (TPSA) is 63.1 Å². The molecule has 6 heteroatoms. The van der Waals surface area contributed by atoms with Crippen molar-refractivity contribution in [1.82, 2.24) is 14.6 Å². The van der Waals surface area contributed by atoms with E-state index >= 15 is 0 Å². The first-order valence-corrected chi connectivity index (χ1v) is 8.72. The highest BCUT2D eigenvalue weighted by Gasteiger charge is 2.17. The monoisotopic (exact) mass is 301 g/mol. The molecule has 0 spiro atoms. The minimum absolute atomic E-state index is 0.361. The standard InChI is InChI=1S/C14H27N3O2S/c1-5-8-17-11-14(9-13(17)10-15-4)20(18,19)16-7-6-12(2)3/h9,11-12,15-16H,5-8,10H2,1-4H3. The van der Waals surface area contributed by atoms with Crippen molar-refractivity contribution in [3.8, 4) is 0 Å². The van der Waals surface area contributed by atoms with E-state index in [2.05, 4.69) is 30.8 Å². The van der Waals surface area contributed by atoms with Gasteiger partial charge < -0.3 is 9.88 Å². The van der Waals surface area contributed by atoms with Gasteiger partial charge in [-0.2, -0.15) is 0 Å². The van der Waals surface area contributed by atoms with E-state index in [1.807, 2.05) is 11.6 Å². The maximum absolute atomic E-state index is 12.2. The van der Waals surface area contributed by atoms with Gasteiger partial charge in [0.25, 0.3) is 0 Å². The zero-order chi connectivity index (χ0) is 15.2. The summed E-state index contributed by atoms with van der Waals surface area (Å²) in [6.45, 7) is 8.23. The van der Waals surface area contributed by atoms with Crippen LogP contribution in [-0.4, -0.2) is 26.6 Å². The predicted octanol–water partition coefficient (Wildman–Crippen LogP) is 1.94. The van der Waals surface area contributed by atoms with E-state index in [1.165, 1.54) is 0 Å². The highest BCUT2D eigenvalue weighted by atomic mass is 32.2. The number of nitrogens with one attached hydrogen (secondary N) is 2. The summed E-state index contributed by atoms with van der Waals surface area (Å²) in [6, 6.07) is 1.75. The number of sulfonamides is 1. The van der Waals surface area contributed by atoms with Crippen LogP contribution < -0.4 is 10.0 Å². The minimum atomic E-state index is -3.39. The number of aromatic nitrogens is 1. The Labute approximate surface area is 122 Å². The van der Waals surface area contributed by atoms with Gasteiger partial charge in [-0.3, -0.25) is 0 Å². The van der Waals surface area contributed by atoms with Crippen LogP contribution in [0.1, 0.15) is 39.3 Å². The summed E-state index contributed by atoms with van der Waals surface area (Å²) >= 11 is 0. The molecule has 1 aromatic rings. The highest BCUT2D eigenvalue weighted by molar-refractivity contribution is 7.89. The number of hydrogen-bond acceptors (Lipinski definition) is 3. The first-order valence-electron chi connectivity index (χ1n) is 7.24. The third kappa shape index (κ3) is 4.92. The molecule has 0 fully saturated rings. The van der Waals surface area contributed by atoms with Gasteiger partial charge in [-0.15, -0.1) is 0 Å². The Bertz CT molecular complexity index is 483. The molecule has 0 atom stereocenters. The quantitative estimate of drug-likeness (QED) is 0.733. The molecule has 0 aliphatic carbocycles. The molecule has 0 saturated heterocycles. The Kier molecular flexibility index (Phi) is 6.71. The van der Waals surface area contributed by atoms with Crippen LogP contribution in [0.25, 0.3) is 0 Å². The van der Waals surface area contributed by atoms with E-state index in [1.54, 1.807) is 12.3 Å². The van der Waals surface area contributed by atoms with Gasteiger partial charge in [0.05, 0.1) is 4.90 Å². The number of hydrogen-bond donors (Lipinski definition) is 2. The van der Waals surface area contributed by atoms with Crippen LogP contribution in [0.3, 0.4) is 0 Å². The van der Waals surface area contributed by atoms with Crippen LogP contribution in [0.5, 0.6) is 0 Å². The van der Waals surface area contributed by atoms with Crippen molar-refractivity contribution in [2.24, 2.45) is 5.92 Å². The molecule has 1 aromatic heterocycles. The average Bonchev–Trinajstić information content (AvgIpc) is 2.74. The lowest BCUT2D eigenvalue weighted by Gasteiger charge is -2.07. The van der Waals surface area contributed by atoms with E-state index in [4.69, 9.17) is 0 Å². The lowest BCUT2D eigenvalue weighted by atomic mass is 10.1. The second kappa shape index (κ2) is 7.81. The molecule has 0 aromatic carbocycles. The van der Waals surface area contributed by atoms with Crippen LogP contribution in [0.4, 0.5) is 0 Å². The molecule has 5 nitrogen and oxygen atoms in total. The third-order valence-corrected chi connectivity index (χ3v) is 4.54. The zero-order valence-electron chi connectivity index (χ0n) is 12.9. The second-order valence-electron chi connectivity index (χ2n) is 5.47.